The molecule has 1 atom stereocenters. The van der Waals surface area contributed by atoms with Gasteiger partial charge in [-0.1, -0.05) is 24.3 Å². The van der Waals surface area contributed by atoms with Crippen molar-refractivity contribution in [3.8, 4) is 0 Å². The lowest BCUT2D eigenvalue weighted by molar-refractivity contribution is -0.121. The average Bonchev–Trinajstić information content (AvgIpc) is 2.97. The van der Waals surface area contributed by atoms with Crippen LogP contribution in [-0.2, 0) is 11.3 Å². The van der Waals surface area contributed by atoms with Crippen LogP contribution < -0.4 is 5.32 Å². The Morgan fingerprint density at radius 2 is 2.09 bits per heavy atom. The Labute approximate surface area is 129 Å². The van der Waals surface area contributed by atoms with Gasteiger partial charge in [-0.3, -0.25) is 9.78 Å². The first kappa shape index (κ1) is 14.3. The molecule has 112 valence electrons. The molecule has 4 heteroatoms. The number of hydrogen-bond donors (Lipinski definition) is 1. The third kappa shape index (κ3) is 3.17. The number of carbonyl (C=O) groups is 1. The minimum absolute atomic E-state index is 0.0254. The second kappa shape index (κ2) is 6.43. The first-order valence-corrected chi connectivity index (χ1v) is 7.47. The van der Waals surface area contributed by atoms with Crippen LogP contribution in [0.3, 0.4) is 0 Å². The van der Waals surface area contributed by atoms with E-state index in [4.69, 9.17) is 0 Å². The van der Waals surface area contributed by atoms with Crippen LogP contribution in [0.15, 0.2) is 61.1 Å². The van der Waals surface area contributed by atoms with Crippen molar-refractivity contribution in [3.63, 3.8) is 0 Å². The molecule has 1 aromatic carbocycles. The molecule has 1 N–H and O–H groups in total. The number of para-hydroxylation sites is 1. The van der Waals surface area contributed by atoms with Crippen molar-refractivity contribution in [2.45, 2.75) is 25.9 Å². The van der Waals surface area contributed by atoms with Crippen molar-refractivity contribution in [3.05, 3.63) is 66.6 Å². The number of carbonyl (C=O) groups excluding carboxylic acids is 1. The van der Waals surface area contributed by atoms with Crippen molar-refractivity contribution in [2.24, 2.45) is 0 Å². The molecular weight excluding hydrogens is 274 g/mol. The molecule has 0 fully saturated rings. The second-order valence-electron chi connectivity index (χ2n) is 5.39. The molecule has 1 amide bonds. The predicted molar refractivity (Wildman–Crippen MR) is 87.3 cm³/mol. The van der Waals surface area contributed by atoms with Gasteiger partial charge >= 0.3 is 0 Å². The Bertz CT molecular complexity index is 764. The van der Waals surface area contributed by atoms with Gasteiger partial charge in [-0.05, 0) is 36.1 Å². The van der Waals surface area contributed by atoms with Crippen molar-refractivity contribution in [2.75, 3.05) is 0 Å². The zero-order valence-electron chi connectivity index (χ0n) is 12.6. The maximum absolute atomic E-state index is 12.1. The van der Waals surface area contributed by atoms with Crippen molar-refractivity contribution in [1.82, 2.24) is 14.9 Å². The number of rotatable bonds is 5. The molecule has 0 unspecified atom stereocenters. The first-order valence-electron chi connectivity index (χ1n) is 7.47. The van der Waals surface area contributed by atoms with Gasteiger partial charge < -0.3 is 9.88 Å². The van der Waals surface area contributed by atoms with Gasteiger partial charge in [-0.25, -0.2) is 0 Å². The Morgan fingerprint density at radius 3 is 2.91 bits per heavy atom. The summed E-state index contributed by atoms with van der Waals surface area (Å²) < 4.78 is 2.11. The van der Waals surface area contributed by atoms with E-state index in [1.165, 1.54) is 5.39 Å². The topological polar surface area (TPSA) is 46.9 Å². The van der Waals surface area contributed by atoms with E-state index in [2.05, 4.69) is 33.1 Å². The van der Waals surface area contributed by atoms with Crippen LogP contribution in [0.4, 0.5) is 0 Å². The number of hydrogen-bond acceptors (Lipinski definition) is 2. The van der Waals surface area contributed by atoms with Crippen LogP contribution in [0.25, 0.3) is 10.9 Å². The van der Waals surface area contributed by atoms with E-state index in [0.29, 0.717) is 13.0 Å². The number of aromatic nitrogens is 2. The first-order chi connectivity index (χ1) is 10.7. The van der Waals surface area contributed by atoms with Crippen LogP contribution in [0.5, 0.6) is 0 Å². The van der Waals surface area contributed by atoms with E-state index in [-0.39, 0.29) is 11.9 Å². The number of benzene rings is 1. The van der Waals surface area contributed by atoms with E-state index >= 15 is 0 Å². The maximum atomic E-state index is 12.1. The quantitative estimate of drug-likeness (QED) is 0.784. The Hall–Kier alpha value is -2.62. The van der Waals surface area contributed by atoms with Gasteiger partial charge in [-0.2, -0.15) is 0 Å². The average molecular weight is 293 g/mol. The molecule has 0 spiro atoms. The standard InChI is InChI=1S/C18H19N3O/c1-14(16-6-4-10-19-13-16)20-18(22)9-12-21-11-8-15-5-2-3-7-17(15)21/h2-8,10-11,13-14H,9,12H2,1H3,(H,20,22)/t14-/m1/s1. The Morgan fingerprint density at radius 1 is 1.23 bits per heavy atom. The van der Waals surface area contributed by atoms with E-state index in [0.717, 1.165) is 11.1 Å². The molecule has 0 saturated carbocycles. The van der Waals surface area contributed by atoms with Crippen LogP contribution in [0, 0.1) is 0 Å². The zero-order chi connectivity index (χ0) is 15.4. The molecule has 0 bridgehead atoms. The number of fused-ring (bicyclic) bond motifs is 1. The number of nitrogens with zero attached hydrogens (tertiary/aromatic N) is 2. The Balaban J connectivity index is 1.58. The molecule has 0 saturated heterocycles. The van der Waals surface area contributed by atoms with Crippen molar-refractivity contribution < 1.29 is 4.79 Å². The minimum atomic E-state index is -0.0254. The maximum Gasteiger partial charge on any atom is 0.222 e. The van der Waals surface area contributed by atoms with Gasteiger partial charge in [0.1, 0.15) is 0 Å². The molecule has 2 heterocycles. The summed E-state index contributed by atoms with van der Waals surface area (Å²) in [7, 11) is 0. The normalized spacial score (nSPS) is 12.2. The molecule has 4 nitrogen and oxygen atoms in total. The van der Waals surface area contributed by atoms with Gasteiger partial charge in [0.2, 0.25) is 5.91 Å². The van der Waals surface area contributed by atoms with Crippen LogP contribution in [0.1, 0.15) is 24.9 Å². The fourth-order valence-corrected chi connectivity index (χ4v) is 2.59. The molecule has 3 aromatic rings. The summed E-state index contributed by atoms with van der Waals surface area (Å²) in [5.74, 6) is 0.0501. The lowest BCUT2D eigenvalue weighted by Gasteiger charge is -2.14. The summed E-state index contributed by atoms with van der Waals surface area (Å²) in [6.07, 6.45) is 6.01. The van der Waals surface area contributed by atoms with Gasteiger partial charge in [0.25, 0.3) is 0 Å². The predicted octanol–water partition coefficient (Wildman–Crippen LogP) is 3.30. The van der Waals surface area contributed by atoms with Gasteiger partial charge in [0.15, 0.2) is 0 Å². The second-order valence-corrected chi connectivity index (χ2v) is 5.39. The zero-order valence-corrected chi connectivity index (χ0v) is 12.6. The summed E-state index contributed by atoms with van der Waals surface area (Å²) in [4.78, 5) is 16.2. The summed E-state index contributed by atoms with van der Waals surface area (Å²) in [6, 6.07) is 14.1. The summed E-state index contributed by atoms with van der Waals surface area (Å²) in [6.45, 7) is 2.65. The number of aryl methyl sites for hydroxylation is 1. The third-order valence-corrected chi connectivity index (χ3v) is 3.82. The van der Waals surface area contributed by atoms with Crippen molar-refractivity contribution >= 4 is 16.8 Å². The lowest BCUT2D eigenvalue weighted by atomic mass is 10.1. The van der Waals surface area contributed by atoms with Crippen molar-refractivity contribution in [1.29, 1.82) is 0 Å². The molecule has 2 aromatic heterocycles. The summed E-state index contributed by atoms with van der Waals surface area (Å²) >= 11 is 0. The third-order valence-electron chi connectivity index (χ3n) is 3.82. The molecule has 0 aliphatic heterocycles. The largest absolute Gasteiger partial charge is 0.349 e. The number of pyridine rings is 1. The number of nitrogens with one attached hydrogen (secondary N) is 1. The van der Waals surface area contributed by atoms with Crippen LogP contribution >= 0.6 is 0 Å². The van der Waals surface area contributed by atoms with Crippen LogP contribution in [-0.4, -0.2) is 15.5 Å². The smallest absolute Gasteiger partial charge is 0.222 e. The summed E-state index contributed by atoms with van der Waals surface area (Å²) in [5, 5.41) is 4.21. The fourth-order valence-electron chi connectivity index (χ4n) is 2.59. The highest BCUT2D eigenvalue weighted by Crippen LogP contribution is 2.15. The molecule has 3 rings (SSSR count). The SMILES string of the molecule is C[C@@H](NC(=O)CCn1ccc2ccccc21)c1cccnc1. The highest BCUT2D eigenvalue weighted by molar-refractivity contribution is 5.80. The fraction of sp³-hybridized carbons (Fsp3) is 0.222. The highest BCUT2D eigenvalue weighted by atomic mass is 16.1. The van der Waals surface area contributed by atoms with E-state index in [9.17, 15) is 4.79 Å². The Kier molecular flexibility index (Phi) is 4.19. The van der Waals surface area contributed by atoms with E-state index in [1.54, 1.807) is 12.4 Å². The lowest BCUT2D eigenvalue weighted by Crippen LogP contribution is -2.27. The molecule has 0 aliphatic carbocycles. The van der Waals surface area contributed by atoms with Gasteiger partial charge in [-0.15, -0.1) is 0 Å². The van der Waals surface area contributed by atoms with Gasteiger partial charge in [0, 0.05) is 37.1 Å². The molecule has 0 aliphatic rings. The van der Waals surface area contributed by atoms with E-state index in [1.807, 2.05) is 37.4 Å². The van der Waals surface area contributed by atoms with E-state index < -0.39 is 0 Å². The monoisotopic (exact) mass is 293 g/mol. The minimum Gasteiger partial charge on any atom is -0.349 e. The van der Waals surface area contributed by atoms with Crippen LogP contribution in [0.2, 0.25) is 0 Å². The number of amides is 1. The molecule has 22 heavy (non-hydrogen) atoms. The molecule has 0 radical (unpaired) electrons. The highest BCUT2D eigenvalue weighted by Gasteiger charge is 2.10. The van der Waals surface area contributed by atoms with Gasteiger partial charge in [0.05, 0.1) is 6.04 Å². The molecular formula is C18H19N3O. The summed E-state index contributed by atoms with van der Waals surface area (Å²) in [5.41, 5.74) is 2.18.